The molecule has 1 aliphatic rings. The second-order valence-corrected chi connectivity index (χ2v) is 10.1. The average molecular weight is 617 g/mol. The Morgan fingerprint density at radius 3 is 2.58 bits per heavy atom. The zero-order valence-electron chi connectivity index (χ0n) is 19.9. The van der Waals surface area contributed by atoms with Crippen molar-refractivity contribution in [3.05, 3.63) is 74.2 Å². The predicted molar refractivity (Wildman–Crippen MR) is 148 cm³/mol. The number of esters is 1. The molecule has 0 N–H and O–H groups in total. The highest BCUT2D eigenvalue weighted by Crippen LogP contribution is 2.38. The maximum Gasteiger partial charge on any atom is 0.329 e. The topological polar surface area (TPSA) is 82.1 Å². The number of ether oxygens (including phenoxy) is 3. The van der Waals surface area contributed by atoms with Gasteiger partial charge in [-0.1, -0.05) is 36.4 Å². The molecule has 0 aliphatic carbocycles. The molecule has 0 radical (unpaired) electrons. The van der Waals surface area contributed by atoms with Crippen molar-refractivity contribution in [2.75, 3.05) is 13.7 Å². The van der Waals surface area contributed by atoms with E-state index in [0.717, 1.165) is 31.2 Å². The third-order valence-electron chi connectivity index (χ3n) is 5.59. The first-order valence-corrected chi connectivity index (χ1v) is 13.1. The number of hydrogen-bond donors (Lipinski definition) is 0. The Bertz CT molecular complexity index is 1370. The number of nitrogens with zero attached hydrogens (tertiary/aromatic N) is 1. The van der Waals surface area contributed by atoms with Crippen LogP contribution in [-0.4, -0.2) is 41.8 Å². The van der Waals surface area contributed by atoms with Crippen LogP contribution in [0.5, 0.6) is 11.5 Å². The molecular weight excluding hydrogens is 593 g/mol. The number of thioether (sulfide) groups is 1. The van der Waals surface area contributed by atoms with Crippen LogP contribution in [0, 0.1) is 3.57 Å². The Morgan fingerprint density at radius 2 is 1.86 bits per heavy atom. The molecule has 0 bridgehead atoms. The highest BCUT2D eigenvalue weighted by molar-refractivity contribution is 14.1. The van der Waals surface area contributed by atoms with Crippen LogP contribution in [0.25, 0.3) is 16.8 Å². The molecule has 2 amide bonds. The van der Waals surface area contributed by atoms with Crippen LogP contribution in [0.1, 0.15) is 25.0 Å². The molecule has 1 fully saturated rings. The Hall–Kier alpha value is -3.05. The lowest BCUT2D eigenvalue weighted by molar-refractivity contribution is -0.150. The summed E-state index contributed by atoms with van der Waals surface area (Å²) in [5.41, 5.74) is 1.70. The summed E-state index contributed by atoms with van der Waals surface area (Å²) in [5, 5.41) is 1.80. The van der Waals surface area contributed by atoms with Crippen LogP contribution < -0.4 is 9.47 Å². The van der Waals surface area contributed by atoms with E-state index in [1.54, 1.807) is 26.2 Å². The molecule has 1 aliphatic heterocycles. The van der Waals surface area contributed by atoms with E-state index in [4.69, 9.17) is 14.2 Å². The van der Waals surface area contributed by atoms with Gasteiger partial charge in [0.05, 0.1) is 22.2 Å². The summed E-state index contributed by atoms with van der Waals surface area (Å²) in [6.45, 7) is 3.68. The maximum absolute atomic E-state index is 12.9. The third kappa shape index (κ3) is 5.52. The van der Waals surface area contributed by atoms with Gasteiger partial charge in [0.15, 0.2) is 11.5 Å². The molecule has 9 heteroatoms. The summed E-state index contributed by atoms with van der Waals surface area (Å²) < 4.78 is 17.4. The van der Waals surface area contributed by atoms with Gasteiger partial charge in [0.2, 0.25) is 0 Å². The van der Waals surface area contributed by atoms with Crippen molar-refractivity contribution in [3.8, 4) is 11.5 Å². The lowest BCUT2D eigenvalue weighted by atomic mass is 10.1. The molecule has 3 aromatic rings. The van der Waals surface area contributed by atoms with Crippen LogP contribution >= 0.6 is 34.4 Å². The quantitative estimate of drug-likeness (QED) is 0.174. The van der Waals surface area contributed by atoms with Crippen LogP contribution in [0.4, 0.5) is 4.79 Å². The van der Waals surface area contributed by atoms with Gasteiger partial charge in [-0.15, -0.1) is 0 Å². The maximum atomic E-state index is 12.9. The van der Waals surface area contributed by atoms with Crippen molar-refractivity contribution in [2.24, 2.45) is 0 Å². The SMILES string of the molecule is CCOC(=O)[C@H](C)N1C(=O)S/C(=C/c2cc(I)c(OCc3ccc4ccccc4c3)c(OC)c2)C1=O. The number of rotatable bonds is 8. The number of carbonyl (C=O) groups excluding carboxylic acids is 3. The molecule has 1 heterocycles. The van der Waals surface area contributed by atoms with Gasteiger partial charge in [-0.2, -0.15) is 0 Å². The van der Waals surface area contributed by atoms with Crippen LogP contribution in [0.15, 0.2) is 59.5 Å². The minimum atomic E-state index is -0.996. The molecule has 0 aromatic heterocycles. The van der Waals surface area contributed by atoms with Gasteiger partial charge in [0, 0.05) is 0 Å². The lowest BCUT2D eigenvalue weighted by Gasteiger charge is -2.19. The van der Waals surface area contributed by atoms with E-state index >= 15 is 0 Å². The van der Waals surface area contributed by atoms with E-state index in [2.05, 4.69) is 46.9 Å². The Labute approximate surface area is 226 Å². The van der Waals surface area contributed by atoms with E-state index in [1.807, 2.05) is 24.3 Å². The third-order valence-corrected chi connectivity index (χ3v) is 7.27. The molecule has 3 aromatic carbocycles. The standard InChI is InChI=1S/C27H24INO6S/c1-4-34-26(31)16(2)29-25(30)23(36-27(29)32)14-18-12-21(28)24(22(13-18)33-3)35-15-17-9-10-19-7-5-6-8-20(19)11-17/h5-14,16H,4,15H2,1-3H3/b23-14+/t16-/m0/s1. The van der Waals surface area contributed by atoms with Gasteiger partial charge >= 0.3 is 5.97 Å². The van der Waals surface area contributed by atoms with Crippen molar-refractivity contribution < 1.29 is 28.6 Å². The fourth-order valence-electron chi connectivity index (χ4n) is 3.78. The number of amides is 2. The first-order chi connectivity index (χ1) is 17.3. The number of halogens is 1. The molecule has 7 nitrogen and oxygen atoms in total. The lowest BCUT2D eigenvalue weighted by Crippen LogP contribution is -2.42. The molecule has 0 unspecified atom stereocenters. The fourth-order valence-corrected chi connectivity index (χ4v) is 5.47. The van der Waals surface area contributed by atoms with Crippen molar-refractivity contribution >= 4 is 68.3 Å². The van der Waals surface area contributed by atoms with E-state index in [-0.39, 0.29) is 11.5 Å². The normalized spacial score (nSPS) is 15.4. The van der Waals surface area contributed by atoms with E-state index < -0.39 is 23.2 Å². The Kier molecular flexibility index (Phi) is 8.20. The molecule has 36 heavy (non-hydrogen) atoms. The number of hydrogen-bond acceptors (Lipinski definition) is 7. The van der Waals surface area contributed by atoms with E-state index in [1.165, 1.54) is 12.3 Å². The summed E-state index contributed by atoms with van der Waals surface area (Å²) in [7, 11) is 1.55. The van der Waals surface area contributed by atoms with E-state index in [0.29, 0.717) is 23.7 Å². The molecule has 1 saturated heterocycles. The van der Waals surface area contributed by atoms with Crippen molar-refractivity contribution in [3.63, 3.8) is 0 Å². The number of fused-ring (bicyclic) bond motifs is 1. The monoisotopic (exact) mass is 617 g/mol. The number of imide groups is 1. The van der Waals surface area contributed by atoms with Crippen LogP contribution in [-0.2, 0) is 20.9 Å². The van der Waals surface area contributed by atoms with Gasteiger partial charge < -0.3 is 14.2 Å². The van der Waals surface area contributed by atoms with E-state index in [9.17, 15) is 14.4 Å². The largest absolute Gasteiger partial charge is 0.493 e. The van der Waals surface area contributed by atoms with Gasteiger partial charge in [-0.3, -0.25) is 14.5 Å². The first-order valence-electron chi connectivity index (χ1n) is 11.2. The zero-order chi connectivity index (χ0) is 25.8. The minimum absolute atomic E-state index is 0.169. The summed E-state index contributed by atoms with van der Waals surface area (Å²) in [6.07, 6.45) is 1.61. The van der Waals surface area contributed by atoms with Gasteiger partial charge in [0.1, 0.15) is 12.6 Å². The highest BCUT2D eigenvalue weighted by atomic mass is 127. The highest BCUT2D eigenvalue weighted by Gasteiger charge is 2.41. The van der Waals surface area contributed by atoms with Gasteiger partial charge in [0.25, 0.3) is 11.1 Å². The van der Waals surface area contributed by atoms with Crippen LogP contribution in [0.3, 0.4) is 0 Å². The Balaban J connectivity index is 1.54. The minimum Gasteiger partial charge on any atom is -0.493 e. The summed E-state index contributed by atoms with van der Waals surface area (Å²) >= 11 is 2.94. The molecule has 186 valence electrons. The number of carbonyl (C=O) groups is 3. The second-order valence-electron chi connectivity index (χ2n) is 7.98. The van der Waals surface area contributed by atoms with Gasteiger partial charge in [-0.25, -0.2) is 4.79 Å². The number of methoxy groups -OCH3 is 1. The zero-order valence-corrected chi connectivity index (χ0v) is 22.9. The van der Waals surface area contributed by atoms with Crippen molar-refractivity contribution in [2.45, 2.75) is 26.5 Å². The average Bonchev–Trinajstić information content (AvgIpc) is 3.14. The Morgan fingerprint density at radius 1 is 1.11 bits per heavy atom. The molecule has 1 atom stereocenters. The smallest absolute Gasteiger partial charge is 0.329 e. The van der Waals surface area contributed by atoms with Crippen LogP contribution in [0.2, 0.25) is 0 Å². The molecule has 0 spiro atoms. The molecule has 0 saturated carbocycles. The van der Waals surface area contributed by atoms with Crippen molar-refractivity contribution in [1.82, 2.24) is 4.90 Å². The molecule has 4 rings (SSSR count). The van der Waals surface area contributed by atoms with Crippen molar-refractivity contribution in [1.29, 1.82) is 0 Å². The number of benzene rings is 3. The summed E-state index contributed by atoms with van der Waals surface area (Å²) in [6, 6.07) is 16.9. The first kappa shape index (κ1) is 26.0. The predicted octanol–water partition coefficient (Wildman–Crippen LogP) is 6.02. The fraction of sp³-hybridized carbons (Fsp3) is 0.222. The summed E-state index contributed by atoms with van der Waals surface area (Å²) in [4.78, 5) is 38.5. The summed E-state index contributed by atoms with van der Waals surface area (Å²) in [5.74, 6) is -0.0538. The molecular formula is C27H24INO6S. The van der Waals surface area contributed by atoms with Gasteiger partial charge in [-0.05, 0) is 94.4 Å². The second kappa shape index (κ2) is 11.3.